The molecule has 2 aromatic carbocycles. The molecule has 0 unspecified atom stereocenters. The maximum atomic E-state index is 2.34. The molecule has 16 heavy (non-hydrogen) atoms. The van der Waals surface area contributed by atoms with Gasteiger partial charge in [0.1, 0.15) is 0 Å². The zero-order valence-electron chi connectivity index (χ0n) is 10.0. The van der Waals surface area contributed by atoms with Crippen LogP contribution in [0.5, 0.6) is 0 Å². The Morgan fingerprint density at radius 2 is 1.62 bits per heavy atom. The van der Waals surface area contributed by atoms with Gasteiger partial charge in [-0.1, -0.05) is 55.5 Å². The van der Waals surface area contributed by atoms with Gasteiger partial charge in [0.05, 0.1) is 0 Å². The summed E-state index contributed by atoms with van der Waals surface area (Å²) in [6.07, 6.45) is 2.16. The highest BCUT2D eigenvalue weighted by atomic mass is 14.0. The molecule has 0 bridgehead atoms. The van der Waals surface area contributed by atoms with Crippen molar-refractivity contribution >= 4 is 0 Å². The highest BCUT2D eigenvalue weighted by Crippen LogP contribution is 2.15. The predicted octanol–water partition coefficient (Wildman–Crippen LogP) is 4.15. The van der Waals surface area contributed by atoms with E-state index >= 15 is 0 Å². The molecule has 0 aliphatic carbocycles. The van der Waals surface area contributed by atoms with Gasteiger partial charge in [-0.05, 0) is 42.0 Å². The Bertz CT molecular complexity index is 455. The minimum absolute atomic E-state index is 1.04. The first-order valence-corrected chi connectivity index (χ1v) is 5.92. The van der Waals surface area contributed by atoms with E-state index in [2.05, 4.69) is 62.4 Å². The molecular formula is C16H18. The summed E-state index contributed by atoms with van der Waals surface area (Å²) in [5.41, 5.74) is 5.66. The third-order valence-electron chi connectivity index (χ3n) is 3.05. The normalized spacial score (nSPS) is 10.4. The van der Waals surface area contributed by atoms with E-state index in [1.165, 1.54) is 22.3 Å². The highest BCUT2D eigenvalue weighted by molar-refractivity contribution is 5.34. The minimum atomic E-state index is 1.04. The van der Waals surface area contributed by atoms with Crippen molar-refractivity contribution in [2.75, 3.05) is 0 Å². The van der Waals surface area contributed by atoms with Crippen LogP contribution in [0.25, 0.3) is 0 Å². The molecule has 0 aliphatic heterocycles. The van der Waals surface area contributed by atoms with Crippen molar-refractivity contribution in [3.05, 3.63) is 70.8 Å². The number of aryl methyl sites for hydroxylation is 2. The van der Waals surface area contributed by atoms with Crippen LogP contribution in [0.1, 0.15) is 29.2 Å². The molecule has 0 saturated heterocycles. The summed E-state index contributed by atoms with van der Waals surface area (Å²) in [7, 11) is 0. The molecule has 0 heterocycles. The average Bonchev–Trinajstić information content (AvgIpc) is 2.33. The van der Waals surface area contributed by atoms with E-state index in [-0.39, 0.29) is 0 Å². The standard InChI is InChI=1S/C16H18/c1-3-16-12-15(10-9-13(16)2)11-14-7-5-4-6-8-14/h4-10,12H,3,11H2,1-2H3. The van der Waals surface area contributed by atoms with E-state index in [0.717, 1.165) is 12.8 Å². The Balaban J connectivity index is 2.22. The molecule has 0 aliphatic rings. The molecular weight excluding hydrogens is 192 g/mol. The van der Waals surface area contributed by atoms with Gasteiger partial charge in [-0.3, -0.25) is 0 Å². The summed E-state index contributed by atoms with van der Waals surface area (Å²) < 4.78 is 0. The monoisotopic (exact) mass is 210 g/mol. The first-order valence-electron chi connectivity index (χ1n) is 5.92. The van der Waals surface area contributed by atoms with Gasteiger partial charge in [0.2, 0.25) is 0 Å². The number of hydrogen-bond acceptors (Lipinski definition) is 0. The van der Waals surface area contributed by atoms with Gasteiger partial charge >= 0.3 is 0 Å². The van der Waals surface area contributed by atoms with E-state index in [1.807, 2.05) is 0 Å². The second-order valence-corrected chi connectivity index (χ2v) is 4.28. The molecule has 0 saturated carbocycles. The zero-order chi connectivity index (χ0) is 11.4. The summed E-state index contributed by atoms with van der Waals surface area (Å²) in [6, 6.07) is 17.4. The SMILES string of the molecule is CCc1cc(Cc2ccccc2)ccc1C. The fourth-order valence-electron chi connectivity index (χ4n) is 2.05. The molecule has 0 N–H and O–H groups in total. The van der Waals surface area contributed by atoms with Crippen molar-refractivity contribution in [3.63, 3.8) is 0 Å². The third-order valence-corrected chi connectivity index (χ3v) is 3.05. The fraction of sp³-hybridized carbons (Fsp3) is 0.250. The molecule has 2 aromatic rings. The van der Waals surface area contributed by atoms with Crippen molar-refractivity contribution in [3.8, 4) is 0 Å². The van der Waals surface area contributed by atoms with Gasteiger partial charge in [-0.15, -0.1) is 0 Å². The third kappa shape index (κ3) is 2.52. The average molecular weight is 210 g/mol. The van der Waals surface area contributed by atoms with E-state index in [9.17, 15) is 0 Å². The Kier molecular flexibility index (Phi) is 3.40. The fourth-order valence-corrected chi connectivity index (χ4v) is 2.05. The van der Waals surface area contributed by atoms with Crippen LogP contribution in [-0.2, 0) is 12.8 Å². The Morgan fingerprint density at radius 3 is 2.31 bits per heavy atom. The lowest BCUT2D eigenvalue weighted by molar-refractivity contribution is 1.08. The first-order chi connectivity index (χ1) is 7.79. The van der Waals surface area contributed by atoms with Crippen LogP contribution in [0.3, 0.4) is 0 Å². The molecule has 82 valence electrons. The van der Waals surface area contributed by atoms with E-state index in [0.29, 0.717) is 0 Å². The number of benzene rings is 2. The van der Waals surface area contributed by atoms with Crippen molar-refractivity contribution in [2.24, 2.45) is 0 Å². The molecule has 2 rings (SSSR count). The number of rotatable bonds is 3. The lowest BCUT2D eigenvalue weighted by Gasteiger charge is -2.07. The van der Waals surface area contributed by atoms with Gasteiger partial charge < -0.3 is 0 Å². The van der Waals surface area contributed by atoms with Gasteiger partial charge in [0.25, 0.3) is 0 Å². The van der Waals surface area contributed by atoms with E-state index in [4.69, 9.17) is 0 Å². The van der Waals surface area contributed by atoms with Gasteiger partial charge in [-0.2, -0.15) is 0 Å². The second-order valence-electron chi connectivity index (χ2n) is 4.28. The largest absolute Gasteiger partial charge is 0.0622 e. The molecule has 0 fully saturated rings. The Morgan fingerprint density at radius 1 is 0.875 bits per heavy atom. The van der Waals surface area contributed by atoms with Gasteiger partial charge in [-0.25, -0.2) is 0 Å². The van der Waals surface area contributed by atoms with Crippen LogP contribution in [-0.4, -0.2) is 0 Å². The maximum absolute atomic E-state index is 2.34. The maximum Gasteiger partial charge on any atom is -0.00257 e. The highest BCUT2D eigenvalue weighted by Gasteiger charge is 1.99. The molecule has 0 aromatic heterocycles. The van der Waals surface area contributed by atoms with Crippen molar-refractivity contribution in [2.45, 2.75) is 26.7 Å². The van der Waals surface area contributed by atoms with Crippen molar-refractivity contribution < 1.29 is 0 Å². The summed E-state index contributed by atoms with van der Waals surface area (Å²) in [5, 5.41) is 0. The second kappa shape index (κ2) is 4.98. The molecule has 0 spiro atoms. The van der Waals surface area contributed by atoms with Gasteiger partial charge in [0.15, 0.2) is 0 Å². The summed E-state index contributed by atoms with van der Waals surface area (Å²) >= 11 is 0. The Hall–Kier alpha value is -1.56. The molecule has 0 amide bonds. The molecule has 0 radical (unpaired) electrons. The van der Waals surface area contributed by atoms with Crippen LogP contribution in [0, 0.1) is 6.92 Å². The van der Waals surface area contributed by atoms with E-state index in [1.54, 1.807) is 0 Å². The van der Waals surface area contributed by atoms with Crippen LogP contribution >= 0.6 is 0 Å². The van der Waals surface area contributed by atoms with Crippen LogP contribution in [0.2, 0.25) is 0 Å². The van der Waals surface area contributed by atoms with Crippen molar-refractivity contribution in [1.29, 1.82) is 0 Å². The van der Waals surface area contributed by atoms with Crippen LogP contribution in [0.15, 0.2) is 48.5 Å². The molecule has 0 heteroatoms. The zero-order valence-corrected chi connectivity index (χ0v) is 10.0. The summed E-state index contributed by atoms with van der Waals surface area (Å²) in [5.74, 6) is 0. The smallest absolute Gasteiger partial charge is 0.00257 e. The first kappa shape index (κ1) is 10.9. The van der Waals surface area contributed by atoms with Crippen molar-refractivity contribution in [1.82, 2.24) is 0 Å². The van der Waals surface area contributed by atoms with Crippen LogP contribution < -0.4 is 0 Å². The molecule has 0 nitrogen and oxygen atoms in total. The Labute approximate surface area is 97.9 Å². The predicted molar refractivity (Wildman–Crippen MR) is 69.8 cm³/mol. The van der Waals surface area contributed by atoms with Crippen LogP contribution in [0.4, 0.5) is 0 Å². The number of hydrogen-bond donors (Lipinski definition) is 0. The minimum Gasteiger partial charge on any atom is -0.0622 e. The summed E-state index contributed by atoms with van der Waals surface area (Å²) in [4.78, 5) is 0. The quantitative estimate of drug-likeness (QED) is 0.714. The topological polar surface area (TPSA) is 0 Å². The lowest BCUT2D eigenvalue weighted by Crippen LogP contribution is -1.92. The molecule has 0 atom stereocenters. The summed E-state index contributed by atoms with van der Waals surface area (Å²) in [6.45, 7) is 4.40. The van der Waals surface area contributed by atoms with E-state index < -0.39 is 0 Å². The van der Waals surface area contributed by atoms with Gasteiger partial charge in [0, 0.05) is 0 Å². The lowest BCUT2D eigenvalue weighted by atomic mass is 9.99.